The number of benzene rings is 1. The van der Waals surface area contributed by atoms with Gasteiger partial charge >= 0.3 is 0 Å². The quantitative estimate of drug-likeness (QED) is 0.927. The van der Waals surface area contributed by atoms with Crippen molar-refractivity contribution >= 4 is 18.3 Å². The van der Waals surface area contributed by atoms with Crippen molar-refractivity contribution in [3.63, 3.8) is 0 Å². The van der Waals surface area contributed by atoms with E-state index in [1.165, 1.54) is 12.0 Å². The Hall–Kier alpha value is -1.06. The molecule has 1 saturated heterocycles. The summed E-state index contributed by atoms with van der Waals surface area (Å²) in [4.78, 5) is 14.9. The number of carbonyl (C=O) groups excluding carboxylic acids is 1. The van der Waals surface area contributed by atoms with Crippen LogP contribution in [0.25, 0.3) is 0 Å². The molecular formula is C16H23ClN2O. The number of amides is 1. The Labute approximate surface area is 127 Å². The number of hydrogen-bond acceptors (Lipinski definition) is 2. The Morgan fingerprint density at radius 2 is 1.80 bits per heavy atom. The maximum absolute atomic E-state index is 12.8. The van der Waals surface area contributed by atoms with Crippen LogP contribution in [0, 0.1) is 5.41 Å². The van der Waals surface area contributed by atoms with Crippen molar-refractivity contribution in [2.24, 2.45) is 5.41 Å². The van der Waals surface area contributed by atoms with Crippen LogP contribution in [-0.4, -0.2) is 37.0 Å². The van der Waals surface area contributed by atoms with Crippen LogP contribution in [0.2, 0.25) is 0 Å². The van der Waals surface area contributed by atoms with Gasteiger partial charge in [-0.3, -0.25) is 4.79 Å². The molecule has 1 amide bonds. The second kappa shape index (κ2) is 6.59. The molecule has 0 unspecified atom stereocenters. The molecule has 0 spiro atoms. The topological polar surface area (TPSA) is 32.3 Å². The van der Waals surface area contributed by atoms with Gasteiger partial charge in [-0.2, -0.15) is 0 Å². The molecule has 2 aliphatic rings. The van der Waals surface area contributed by atoms with Crippen molar-refractivity contribution in [2.45, 2.75) is 25.7 Å². The zero-order valence-corrected chi connectivity index (χ0v) is 12.6. The lowest BCUT2D eigenvalue weighted by Gasteiger charge is -2.44. The molecule has 2 fully saturated rings. The van der Waals surface area contributed by atoms with Gasteiger partial charge in [0.1, 0.15) is 0 Å². The predicted molar refractivity (Wildman–Crippen MR) is 83.1 cm³/mol. The van der Waals surface area contributed by atoms with E-state index in [1.807, 2.05) is 6.07 Å². The number of nitrogens with zero attached hydrogens (tertiary/aromatic N) is 1. The number of hydrogen-bond donors (Lipinski definition) is 1. The van der Waals surface area contributed by atoms with Crippen LogP contribution in [-0.2, 0) is 11.2 Å². The summed E-state index contributed by atoms with van der Waals surface area (Å²) in [6, 6.07) is 10.5. The van der Waals surface area contributed by atoms with Crippen molar-refractivity contribution in [2.75, 3.05) is 26.2 Å². The molecule has 1 saturated carbocycles. The number of carbonyl (C=O) groups is 1. The van der Waals surface area contributed by atoms with Crippen molar-refractivity contribution in [3.8, 4) is 0 Å². The Balaban J connectivity index is 0.00000147. The van der Waals surface area contributed by atoms with E-state index in [4.69, 9.17) is 0 Å². The summed E-state index contributed by atoms with van der Waals surface area (Å²) in [5, 5.41) is 3.31. The van der Waals surface area contributed by atoms with Gasteiger partial charge in [0.05, 0.1) is 5.41 Å². The van der Waals surface area contributed by atoms with Gasteiger partial charge in [-0.15, -0.1) is 12.4 Å². The molecule has 1 heterocycles. The maximum atomic E-state index is 12.8. The number of halogens is 1. The van der Waals surface area contributed by atoms with Crippen LogP contribution in [0.15, 0.2) is 30.3 Å². The Morgan fingerprint density at radius 3 is 2.35 bits per heavy atom. The molecule has 0 bridgehead atoms. The van der Waals surface area contributed by atoms with E-state index in [1.54, 1.807) is 0 Å². The molecule has 110 valence electrons. The molecule has 1 aromatic carbocycles. The highest BCUT2D eigenvalue weighted by Gasteiger charge is 2.46. The van der Waals surface area contributed by atoms with Crippen LogP contribution >= 0.6 is 12.4 Å². The average molecular weight is 295 g/mol. The first-order valence-corrected chi connectivity index (χ1v) is 7.34. The van der Waals surface area contributed by atoms with E-state index in [0.717, 1.165) is 45.4 Å². The molecule has 20 heavy (non-hydrogen) atoms. The van der Waals surface area contributed by atoms with Crippen LogP contribution in [0.3, 0.4) is 0 Å². The summed E-state index contributed by atoms with van der Waals surface area (Å²) < 4.78 is 0. The highest BCUT2D eigenvalue weighted by Crippen LogP contribution is 2.45. The van der Waals surface area contributed by atoms with E-state index in [2.05, 4.69) is 34.5 Å². The smallest absolute Gasteiger partial charge is 0.229 e. The summed E-state index contributed by atoms with van der Waals surface area (Å²) >= 11 is 0. The SMILES string of the molecule is Cl.O=C(N1CCNCC1)C1(Cc2ccccc2)CCC1. The summed E-state index contributed by atoms with van der Waals surface area (Å²) in [6.45, 7) is 3.62. The molecule has 1 aromatic rings. The van der Waals surface area contributed by atoms with Gasteiger partial charge in [0.2, 0.25) is 5.91 Å². The molecule has 3 rings (SSSR count). The zero-order valence-electron chi connectivity index (χ0n) is 11.8. The highest BCUT2D eigenvalue weighted by atomic mass is 35.5. The third-order valence-electron chi connectivity index (χ3n) is 4.55. The Kier molecular flexibility index (Phi) is 5.06. The van der Waals surface area contributed by atoms with Gasteiger partial charge in [-0.25, -0.2) is 0 Å². The zero-order chi connectivity index (χ0) is 13.1. The number of piperazine rings is 1. The van der Waals surface area contributed by atoms with Gasteiger partial charge < -0.3 is 10.2 Å². The van der Waals surface area contributed by atoms with Crippen LogP contribution < -0.4 is 5.32 Å². The molecule has 1 N–H and O–H groups in total. The molecular weight excluding hydrogens is 272 g/mol. The third kappa shape index (κ3) is 2.99. The van der Waals surface area contributed by atoms with Crippen LogP contribution in [0.4, 0.5) is 0 Å². The van der Waals surface area contributed by atoms with E-state index in [0.29, 0.717) is 5.91 Å². The van der Waals surface area contributed by atoms with Crippen LogP contribution in [0.1, 0.15) is 24.8 Å². The standard InChI is InChI=1S/C16H22N2O.ClH/c19-15(18-11-9-17-10-12-18)16(7-4-8-16)13-14-5-2-1-3-6-14;/h1-3,5-6,17H,4,7-13H2;1H. The van der Waals surface area contributed by atoms with E-state index in [9.17, 15) is 4.79 Å². The first kappa shape index (κ1) is 15.3. The summed E-state index contributed by atoms with van der Waals surface area (Å²) in [6.07, 6.45) is 4.23. The fourth-order valence-corrected chi connectivity index (χ4v) is 3.26. The van der Waals surface area contributed by atoms with Gasteiger partial charge in [-0.1, -0.05) is 36.8 Å². The van der Waals surface area contributed by atoms with Crippen molar-refractivity contribution in [1.29, 1.82) is 0 Å². The van der Waals surface area contributed by atoms with Gasteiger partial charge in [0.15, 0.2) is 0 Å². The molecule has 3 nitrogen and oxygen atoms in total. The summed E-state index contributed by atoms with van der Waals surface area (Å²) in [7, 11) is 0. The van der Waals surface area contributed by atoms with Crippen molar-refractivity contribution < 1.29 is 4.79 Å². The molecule has 1 aliphatic heterocycles. The first-order valence-electron chi connectivity index (χ1n) is 7.34. The lowest BCUT2D eigenvalue weighted by atomic mass is 9.64. The first-order chi connectivity index (χ1) is 9.30. The molecule has 1 aliphatic carbocycles. The second-order valence-corrected chi connectivity index (χ2v) is 5.84. The van der Waals surface area contributed by atoms with E-state index < -0.39 is 0 Å². The normalized spacial score (nSPS) is 20.7. The van der Waals surface area contributed by atoms with E-state index in [-0.39, 0.29) is 17.8 Å². The second-order valence-electron chi connectivity index (χ2n) is 5.84. The largest absolute Gasteiger partial charge is 0.340 e. The van der Waals surface area contributed by atoms with Crippen molar-refractivity contribution in [1.82, 2.24) is 10.2 Å². The van der Waals surface area contributed by atoms with Gasteiger partial charge in [0.25, 0.3) is 0 Å². The third-order valence-corrected chi connectivity index (χ3v) is 4.55. The lowest BCUT2D eigenvalue weighted by molar-refractivity contribution is -0.148. The fourth-order valence-electron chi connectivity index (χ4n) is 3.26. The highest BCUT2D eigenvalue weighted by molar-refractivity contribution is 5.85. The Morgan fingerprint density at radius 1 is 1.15 bits per heavy atom. The molecule has 0 atom stereocenters. The predicted octanol–water partition coefficient (Wildman–Crippen LogP) is 2.25. The molecule has 0 radical (unpaired) electrons. The van der Waals surface area contributed by atoms with Crippen molar-refractivity contribution in [3.05, 3.63) is 35.9 Å². The molecule has 4 heteroatoms. The lowest BCUT2D eigenvalue weighted by Crippen LogP contribution is -2.54. The average Bonchev–Trinajstić information content (AvgIpc) is 2.44. The summed E-state index contributed by atoms with van der Waals surface area (Å²) in [5.41, 5.74) is 1.20. The Bertz CT molecular complexity index is 439. The monoisotopic (exact) mass is 294 g/mol. The van der Waals surface area contributed by atoms with Crippen LogP contribution in [0.5, 0.6) is 0 Å². The summed E-state index contributed by atoms with van der Waals surface area (Å²) in [5.74, 6) is 0.393. The fraction of sp³-hybridized carbons (Fsp3) is 0.562. The van der Waals surface area contributed by atoms with E-state index >= 15 is 0 Å². The minimum Gasteiger partial charge on any atom is -0.340 e. The minimum atomic E-state index is -0.0985. The number of nitrogens with one attached hydrogen (secondary N) is 1. The van der Waals surface area contributed by atoms with Gasteiger partial charge in [0, 0.05) is 26.2 Å². The minimum absolute atomic E-state index is 0. The maximum Gasteiger partial charge on any atom is 0.229 e. The van der Waals surface area contributed by atoms with Gasteiger partial charge in [-0.05, 0) is 24.8 Å². The number of rotatable bonds is 3. The molecule has 0 aromatic heterocycles.